The molecule has 0 spiro atoms. The van der Waals surface area contributed by atoms with Crippen LogP contribution in [0.3, 0.4) is 0 Å². The Kier molecular flexibility index (Phi) is 4.67. The highest BCUT2D eigenvalue weighted by molar-refractivity contribution is 5.48. The van der Waals surface area contributed by atoms with Gasteiger partial charge in [-0.1, -0.05) is 19.9 Å². The van der Waals surface area contributed by atoms with E-state index in [0.717, 1.165) is 11.1 Å². The molecule has 2 rings (SSSR count). The van der Waals surface area contributed by atoms with Gasteiger partial charge in [-0.15, -0.1) is 0 Å². The number of hydrogen-bond donors (Lipinski definition) is 2. The first kappa shape index (κ1) is 18.0. The predicted molar refractivity (Wildman–Crippen MR) is 77.2 cm³/mol. The zero-order chi connectivity index (χ0) is 17.5. The van der Waals surface area contributed by atoms with Crippen molar-refractivity contribution in [1.82, 2.24) is 0 Å². The molecule has 0 fully saturated rings. The van der Waals surface area contributed by atoms with Crippen molar-refractivity contribution in [2.24, 2.45) is 0 Å². The number of methoxy groups -OCH3 is 1. The van der Waals surface area contributed by atoms with Crippen LogP contribution >= 0.6 is 0 Å². The van der Waals surface area contributed by atoms with E-state index in [-0.39, 0.29) is 6.61 Å². The van der Waals surface area contributed by atoms with Crippen LogP contribution in [0, 0.1) is 0 Å². The summed E-state index contributed by atoms with van der Waals surface area (Å²) in [7, 11) is 1.52. The molecule has 7 heteroatoms. The van der Waals surface area contributed by atoms with E-state index in [2.05, 4.69) is 0 Å². The maximum absolute atomic E-state index is 13.1. The van der Waals surface area contributed by atoms with E-state index in [0.29, 0.717) is 17.9 Å². The highest BCUT2D eigenvalue weighted by Gasteiger charge is 2.55. The van der Waals surface area contributed by atoms with Crippen LogP contribution in [0.15, 0.2) is 12.1 Å². The largest absolute Gasteiger partial charge is 0.496 e. The van der Waals surface area contributed by atoms with Crippen LogP contribution in [0.5, 0.6) is 5.75 Å². The zero-order valence-electron chi connectivity index (χ0n) is 13.3. The minimum Gasteiger partial charge on any atom is -0.496 e. The summed E-state index contributed by atoms with van der Waals surface area (Å²) in [6, 6.07) is 3.39. The van der Waals surface area contributed by atoms with E-state index < -0.39 is 30.2 Å². The van der Waals surface area contributed by atoms with Crippen molar-refractivity contribution in [2.75, 3.05) is 13.7 Å². The quantitative estimate of drug-likeness (QED) is 0.869. The van der Waals surface area contributed by atoms with Gasteiger partial charge in [0.15, 0.2) is 5.60 Å². The van der Waals surface area contributed by atoms with E-state index in [1.54, 1.807) is 26.0 Å². The number of alkyl halides is 3. The summed E-state index contributed by atoms with van der Waals surface area (Å²) in [6.45, 7) is 2.47. The van der Waals surface area contributed by atoms with Gasteiger partial charge in [0.1, 0.15) is 5.75 Å². The lowest BCUT2D eigenvalue weighted by Gasteiger charge is -2.37. The lowest BCUT2D eigenvalue weighted by atomic mass is 9.73. The van der Waals surface area contributed by atoms with Gasteiger partial charge in [-0.2, -0.15) is 13.2 Å². The normalized spacial score (nSPS) is 17.7. The van der Waals surface area contributed by atoms with Crippen LogP contribution in [0.2, 0.25) is 0 Å². The summed E-state index contributed by atoms with van der Waals surface area (Å²) in [4.78, 5) is 0. The van der Waals surface area contributed by atoms with E-state index >= 15 is 0 Å². The minimum atomic E-state index is -4.91. The Balaban J connectivity index is 2.43. The fourth-order valence-electron chi connectivity index (χ4n) is 3.15. The number of ether oxygens (including phenoxy) is 2. The topological polar surface area (TPSA) is 58.9 Å². The molecule has 4 nitrogen and oxygen atoms in total. The number of rotatable bonds is 5. The van der Waals surface area contributed by atoms with Crippen molar-refractivity contribution in [2.45, 2.75) is 50.7 Å². The maximum atomic E-state index is 13.1. The van der Waals surface area contributed by atoms with Gasteiger partial charge in [-0.25, -0.2) is 0 Å². The van der Waals surface area contributed by atoms with Crippen LogP contribution in [0.4, 0.5) is 13.2 Å². The molecular weight excluding hydrogens is 313 g/mol. The van der Waals surface area contributed by atoms with E-state index in [1.165, 1.54) is 7.11 Å². The molecule has 1 aromatic rings. The smallest absolute Gasteiger partial charge is 0.419 e. The molecule has 0 aromatic heterocycles. The highest BCUT2D eigenvalue weighted by Crippen LogP contribution is 2.44. The van der Waals surface area contributed by atoms with Crippen molar-refractivity contribution < 1.29 is 32.9 Å². The van der Waals surface area contributed by atoms with E-state index in [4.69, 9.17) is 14.6 Å². The average molecular weight is 334 g/mol. The van der Waals surface area contributed by atoms with Gasteiger partial charge in [-0.05, 0) is 29.0 Å². The highest BCUT2D eigenvalue weighted by atomic mass is 19.4. The third-order valence-electron chi connectivity index (χ3n) is 4.35. The molecule has 2 N–H and O–H groups in total. The van der Waals surface area contributed by atoms with E-state index in [9.17, 15) is 18.3 Å². The van der Waals surface area contributed by atoms with Crippen LogP contribution in [-0.4, -0.2) is 35.7 Å². The summed E-state index contributed by atoms with van der Waals surface area (Å²) < 4.78 is 49.9. The third kappa shape index (κ3) is 3.18. The molecule has 0 amide bonds. The lowest BCUT2D eigenvalue weighted by molar-refractivity contribution is -0.277. The predicted octanol–water partition coefficient (Wildman–Crippen LogP) is 2.68. The fraction of sp³-hybridized carbons (Fsp3) is 0.625. The maximum Gasteiger partial charge on any atom is 0.419 e. The van der Waals surface area contributed by atoms with Gasteiger partial charge in [0.05, 0.1) is 26.9 Å². The molecule has 1 aliphatic rings. The Morgan fingerprint density at radius 2 is 1.78 bits per heavy atom. The zero-order valence-corrected chi connectivity index (χ0v) is 13.3. The van der Waals surface area contributed by atoms with Crippen molar-refractivity contribution in [3.05, 3.63) is 28.8 Å². The van der Waals surface area contributed by atoms with Gasteiger partial charge in [-0.3, -0.25) is 0 Å². The summed E-state index contributed by atoms with van der Waals surface area (Å²) >= 11 is 0. The molecule has 23 heavy (non-hydrogen) atoms. The number of halogens is 3. The molecule has 0 saturated heterocycles. The number of benzene rings is 1. The molecule has 0 unspecified atom stereocenters. The van der Waals surface area contributed by atoms with Gasteiger partial charge in [0, 0.05) is 5.56 Å². The molecule has 1 atom stereocenters. The van der Waals surface area contributed by atoms with Gasteiger partial charge < -0.3 is 19.7 Å². The first-order valence-electron chi connectivity index (χ1n) is 7.22. The molecule has 1 aromatic carbocycles. The van der Waals surface area contributed by atoms with Gasteiger partial charge in [0.25, 0.3) is 0 Å². The lowest BCUT2D eigenvalue weighted by Crippen LogP contribution is -2.52. The van der Waals surface area contributed by atoms with Gasteiger partial charge in [0.2, 0.25) is 0 Å². The second-order valence-corrected chi connectivity index (χ2v) is 6.51. The van der Waals surface area contributed by atoms with Crippen molar-refractivity contribution in [1.29, 1.82) is 0 Å². The Labute approximate surface area is 132 Å². The second-order valence-electron chi connectivity index (χ2n) is 6.51. The first-order valence-corrected chi connectivity index (χ1v) is 7.22. The van der Waals surface area contributed by atoms with Crippen LogP contribution < -0.4 is 4.74 Å². The Bertz CT molecular complexity index is 583. The van der Waals surface area contributed by atoms with Crippen molar-refractivity contribution in [3.8, 4) is 5.75 Å². The third-order valence-corrected chi connectivity index (χ3v) is 4.35. The number of fused-ring (bicyclic) bond motifs is 1. The molecule has 0 saturated carbocycles. The summed E-state index contributed by atoms with van der Waals surface area (Å²) in [5.41, 5.74) is -1.91. The van der Waals surface area contributed by atoms with E-state index in [1.807, 2.05) is 0 Å². The molecule has 1 heterocycles. The first-order chi connectivity index (χ1) is 10.6. The average Bonchev–Trinajstić information content (AvgIpc) is 2.93. The second kappa shape index (κ2) is 5.96. The molecule has 1 aliphatic heterocycles. The Morgan fingerprint density at radius 1 is 1.17 bits per heavy atom. The Morgan fingerprint density at radius 3 is 2.30 bits per heavy atom. The standard InChI is InChI=1S/C16H21F3O4/c1-14(2,8-15(21,9-20)16(17,18)19)12-4-5-13(22-3)11-7-23-6-10(11)12/h4-5,20-21H,6-9H2,1-3H3/t15-/m0/s1. The van der Waals surface area contributed by atoms with Crippen molar-refractivity contribution >= 4 is 0 Å². The molecule has 0 aliphatic carbocycles. The summed E-state index contributed by atoms with van der Waals surface area (Å²) in [6.07, 6.45) is -5.57. The molecular formula is C16H21F3O4. The van der Waals surface area contributed by atoms with Crippen LogP contribution in [-0.2, 0) is 23.4 Å². The summed E-state index contributed by atoms with van der Waals surface area (Å²) in [5.74, 6) is 0.630. The summed E-state index contributed by atoms with van der Waals surface area (Å²) in [5, 5.41) is 19.0. The SMILES string of the molecule is COc1ccc(C(C)(C)C[C@](O)(CO)C(F)(F)F)c2c1COC2. The Hall–Kier alpha value is -1.31. The number of aliphatic hydroxyl groups is 2. The van der Waals surface area contributed by atoms with Crippen LogP contribution in [0.1, 0.15) is 37.0 Å². The number of aliphatic hydroxyl groups excluding tert-OH is 1. The molecule has 0 radical (unpaired) electrons. The van der Waals surface area contributed by atoms with Crippen molar-refractivity contribution in [3.63, 3.8) is 0 Å². The van der Waals surface area contributed by atoms with Gasteiger partial charge >= 0.3 is 6.18 Å². The van der Waals surface area contributed by atoms with Crippen LogP contribution in [0.25, 0.3) is 0 Å². The fourth-order valence-corrected chi connectivity index (χ4v) is 3.15. The number of hydrogen-bond acceptors (Lipinski definition) is 4. The minimum absolute atomic E-state index is 0.287. The monoisotopic (exact) mass is 334 g/mol. The molecule has 0 bridgehead atoms. The molecule has 130 valence electrons.